The first-order chi connectivity index (χ1) is 14.2. The summed E-state index contributed by atoms with van der Waals surface area (Å²) in [6, 6.07) is 17.2. The lowest BCUT2D eigenvalue weighted by Crippen LogP contribution is -2.49. The zero-order chi connectivity index (χ0) is 20.1. The van der Waals surface area contributed by atoms with Crippen LogP contribution in [0.25, 0.3) is 5.69 Å². The van der Waals surface area contributed by atoms with Gasteiger partial charge in [0.15, 0.2) is 0 Å². The number of amides is 1. The minimum atomic E-state index is 0.0317. The molecule has 1 aromatic heterocycles. The molecule has 0 radical (unpaired) electrons. The van der Waals surface area contributed by atoms with Crippen molar-refractivity contribution in [3.05, 3.63) is 77.6 Å². The zero-order valence-electron chi connectivity index (χ0n) is 16.1. The molecular formula is C22H23ClN4O2. The van der Waals surface area contributed by atoms with Gasteiger partial charge in [0.05, 0.1) is 17.4 Å². The van der Waals surface area contributed by atoms with E-state index in [4.69, 9.17) is 16.3 Å². The molecule has 1 amide bonds. The summed E-state index contributed by atoms with van der Waals surface area (Å²) in [7, 11) is 0. The summed E-state index contributed by atoms with van der Waals surface area (Å²) >= 11 is 5.88. The van der Waals surface area contributed by atoms with Crippen molar-refractivity contribution in [1.29, 1.82) is 0 Å². The van der Waals surface area contributed by atoms with Gasteiger partial charge in [0.2, 0.25) is 0 Å². The predicted molar refractivity (Wildman–Crippen MR) is 113 cm³/mol. The number of piperazine rings is 1. The lowest BCUT2D eigenvalue weighted by Gasteiger charge is -2.34. The van der Waals surface area contributed by atoms with E-state index in [-0.39, 0.29) is 5.91 Å². The standard InChI is InChI=1S/C22H23ClN4O2/c23-19-6-8-21(9-7-19)29-15-14-25-10-12-26(13-11-25)22(28)18-16-24-27(17-18)20-4-2-1-3-5-20/h1-9,16-17H,10-15H2. The number of carbonyl (C=O) groups is 1. The Balaban J connectivity index is 1.24. The SMILES string of the molecule is O=C(c1cnn(-c2ccccc2)c1)N1CCN(CCOc2ccc(Cl)cc2)CC1. The Morgan fingerprint density at radius 2 is 1.72 bits per heavy atom. The van der Waals surface area contributed by atoms with E-state index in [0.29, 0.717) is 30.3 Å². The van der Waals surface area contributed by atoms with E-state index in [1.807, 2.05) is 59.5 Å². The first-order valence-electron chi connectivity index (χ1n) is 9.69. The molecule has 0 atom stereocenters. The van der Waals surface area contributed by atoms with Gasteiger partial charge in [-0.3, -0.25) is 9.69 Å². The van der Waals surface area contributed by atoms with Crippen molar-refractivity contribution in [3.63, 3.8) is 0 Å². The van der Waals surface area contributed by atoms with Crippen LogP contribution >= 0.6 is 11.6 Å². The third kappa shape index (κ3) is 4.96. The van der Waals surface area contributed by atoms with Crippen LogP contribution in [-0.2, 0) is 0 Å². The van der Waals surface area contributed by atoms with Gasteiger partial charge in [0, 0.05) is 43.9 Å². The average molecular weight is 411 g/mol. The lowest BCUT2D eigenvalue weighted by atomic mass is 10.2. The average Bonchev–Trinajstić information content (AvgIpc) is 3.26. The van der Waals surface area contributed by atoms with E-state index >= 15 is 0 Å². The Kier molecular flexibility index (Phi) is 6.12. The van der Waals surface area contributed by atoms with Crippen LogP contribution in [-0.4, -0.2) is 64.8 Å². The van der Waals surface area contributed by atoms with Gasteiger partial charge in [-0.2, -0.15) is 5.10 Å². The van der Waals surface area contributed by atoms with Crippen molar-refractivity contribution in [2.45, 2.75) is 0 Å². The van der Waals surface area contributed by atoms with Crippen molar-refractivity contribution < 1.29 is 9.53 Å². The summed E-state index contributed by atoms with van der Waals surface area (Å²) in [4.78, 5) is 17.0. The summed E-state index contributed by atoms with van der Waals surface area (Å²) in [6.07, 6.45) is 3.44. The number of benzene rings is 2. The number of ether oxygens (including phenoxy) is 1. The molecule has 1 aliphatic rings. The fourth-order valence-corrected chi connectivity index (χ4v) is 3.46. The Hall–Kier alpha value is -2.83. The number of hydrogen-bond acceptors (Lipinski definition) is 4. The molecule has 7 heteroatoms. The van der Waals surface area contributed by atoms with Gasteiger partial charge < -0.3 is 9.64 Å². The summed E-state index contributed by atoms with van der Waals surface area (Å²) in [5, 5.41) is 5.03. The van der Waals surface area contributed by atoms with Gasteiger partial charge in [-0.1, -0.05) is 29.8 Å². The van der Waals surface area contributed by atoms with Crippen LogP contribution in [0.1, 0.15) is 10.4 Å². The fourth-order valence-electron chi connectivity index (χ4n) is 3.34. The van der Waals surface area contributed by atoms with E-state index in [2.05, 4.69) is 10.00 Å². The number of hydrogen-bond donors (Lipinski definition) is 0. The number of halogens is 1. The highest BCUT2D eigenvalue weighted by Gasteiger charge is 2.23. The van der Waals surface area contributed by atoms with Crippen molar-refractivity contribution >= 4 is 17.5 Å². The predicted octanol–water partition coefficient (Wildman–Crippen LogP) is 3.36. The second kappa shape index (κ2) is 9.11. The van der Waals surface area contributed by atoms with E-state index in [1.165, 1.54) is 0 Å². The number of nitrogens with zero attached hydrogens (tertiary/aromatic N) is 4. The first-order valence-corrected chi connectivity index (χ1v) is 10.1. The molecule has 0 bridgehead atoms. The maximum absolute atomic E-state index is 12.8. The Bertz CT molecular complexity index is 935. The molecule has 0 unspecified atom stereocenters. The molecule has 1 aliphatic heterocycles. The number of aromatic nitrogens is 2. The minimum Gasteiger partial charge on any atom is -0.492 e. The molecule has 1 saturated heterocycles. The van der Waals surface area contributed by atoms with Crippen LogP contribution < -0.4 is 4.74 Å². The van der Waals surface area contributed by atoms with Crippen LogP contribution in [0.3, 0.4) is 0 Å². The van der Waals surface area contributed by atoms with Crippen LogP contribution in [0.5, 0.6) is 5.75 Å². The summed E-state index contributed by atoms with van der Waals surface area (Å²) in [6.45, 7) is 4.52. The molecule has 0 spiro atoms. The van der Waals surface area contributed by atoms with Crippen LogP contribution in [0, 0.1) is 0 Å². The number of carbonyl (C=O) groups excluding carboxylic acids is 1. The third-order valence-electron chi connectivity index (χ3n) is 5.00. The zero-order valence-corrected chi connectivity index (χ0v) is 16.8. The van der Waals surface area contributed by atoms with Crippen molar-refractivity contribution in [1.82, 2.24) is 19.6 Å². The van der Waals surface area contributed by atoms with Gasteiger partial charge in [-0.05, 0) is 36.4 Å². The summed E-state index contributed by atoms with van der Waals surface area (Å²) in [5.41, 5.74) is 1.56. The van der Waals surface area contributed by atoms with Crippen LogP contribution in [0.15, 0.2) is 67.0 Å². The molecular weight excluding hydrogens is 388 g/mol. The van der Waals surface area contributed by atoms with E-state index in [9.17, 15) is 4.79 Å². The quantitative estimate of drug-likeness (QED) is 0.625. The minimum absolute atomic E-state index is 0.0317. The van der Waals surface area contributed by atoms with Crippen LogP contribution in [0.2, 0.25) is 5.02 Å². The molecule has 1 fully saturated rings. The van der Waals surface area contributed by atoms with Gasteiger partial charge in [-0.15, -0.1) is 0 Å². The number of rotatable bonds is 6. The lowest BCUT2D eigenvalue weighted by molar-refractivity contribution is 0.0620. The molecule has 2 aromatic carbocycles. The van der Waals surface area contributed by atoms with Crippen molar-refractivity contribution in [3.8, 4) is 11.4 Å². The molecule has 0 aliphatic carbocycles. The molecule has 29 heavy (non-hydrogen) atoms. The largest absolute Gasteiger partial charge is 0.492 e. The smallest absolute Gasteiger partial charge is 0.257 e. The highest BCUT2D eigenvalue weighted by molar-refractivity contribution is 6.30. The molecule has 4 rings (SSSR count). The highest BCUT2D eigenvalue weighted by atomic mass is 35.5. The Morgan fingerprint density at radius 1 is 1.00 bits per heavy atom. The normalized spacial score (nSPS) is 14.7. The van der Waals surface area contributed by atoms with Gasteiger partial charge in [0.1, 0.15) is 12.4 Å². The third-order valence-corrected chi connectivity index (χ3v) is 5.25. The first kappa shape index (κ1) is 19.5. The topological polar surface area (TPSA) is 50.6 Å². The van der Waals surface area contributed by atoms with E-state index in [1.54, 1.807) is 17.1 Å². The Morgan fingerprint density at radius 3 is 2.45 bits per heavy atom. The maximum atomic E-state index is 12.8. The Labute approximate surface area is 175 Å². The summed E-state index contributed by atoms with van der Waals surface area (Å²) < 4.78 is 7.49. The molecule has 3 aromatic rings. The molecule has 150 valence electrons. The van der Waals surface area contributed by atoms with Crippen molar-refractivity contribution in [2.24, 2.45) is 0 Å². The van der Waals surface area contributed by atoms with E-state index < -0.39 is 0 Å². The van der Waals surface area contributed by atoms with Gasteiger partial charge >= 0.3 is 0 Å². The molecule has 6 nitrogen and oxygen atoms in total. The second-order valence-corrected chi connectivity index (χ2v) is 7.38. The molecule has 0 N–H and O–H groups in total. The maximum Gasteiger partial charge on any atom is 0.257 e. The highest BCUT2D eigenvalue weighted by Crippen LogP contribution is 2.16. The fraction of sp³-hybridized carbons (Fsp3) is 0.273. The second-order valence-electron chi connectivity index (χ2n) is 6.95. The molecule has 0 saturated carbocycles. The van der Waals surface area contributed by atoms with E-state index in [0.717, 1.165) is 31.1 Å². The number of para-hydroxylation sites is 1. The van der Waals surface area contributed by atoms with Crippen molar-refractivity contribution in [2.75, 3.05) is 39.3 Å². The molecule has 2 heterocycles. The monoisotopic (exact) mass is 410 g/mol. The summed E-state index contributed by atoms with van der Waals surface area (Å²) in [5.74, 6) is 0.850. The van der Waals surface area contributed by atoms with Gasteiger partial charge in [-0.25, -0.2) is 4.68 Å². The van der Waals surface area contributed by atoms with Gasteiger partial charge in [0.25, 0.3) is 5.91 Å². The van der Waals surface area contributed by atoms with Crippen LogP contribution in [0.4, 0.5) is 0 Å².